The number of sulfone groups is 1. The Morgan fingerprint density at radius 3 is 2.64 bits per heavy atom. The molecule has 2 saturated heterocycles. The summed E-state index contributed by atoms with van der Waals surface area (Å²) in [4.78, 5) is 16.6. The lowest BCUT2D eigenvalue weighted by atomic mass is 10.0. The van der Waals surface area contributed by atoms with Gasteiger partial charge in [0.05, 0.1) is 23.3 Å². The van der Waals surface area contributed by atoms with Gasteiger partial charge < -0.3 is 9.32 Å². The monoisotopic (exact) mass is 388 g/mol. The molecule has 0 saturated carbocycles. The maximum Gasteiger partial charge on any atom is 0.277 e. The Morgan fingerprint density at radius 1 is 1.28 bits per heavy atom. The van der Waals surface area contributed by atoms with E-state index in [4.69, 9.17) is 4.42 Å². The normalized spacial score (nSPS) is 26.2. The molecule has 10 heteroatoms. The van der Waals surface area contributed by atoms with Crippen molar-refractivity contribution in [2.24, 2.45) is 5.92 Å². The van der Waals surface area contributed by atoms with E-state index >= 15 is 0 Å². The fourth-order valence-electron chi connectivity index (χ4n) is 3.57. The molecule has 140 valence electrons. The van der Waals surface area contributed by atoms with Crippen LogP contribution in [0.25, 0.3) is 0 Å². The van der Waals surface area contributed by atoms with Gasteiger partial charge in [-0.05, 0) is 5.92 Å². The van der Waals surface area contributed by atoms with E-state index in [2.05, 4.69) is 28.9 Å². The summed E-state index contributed by atoms with van der Waals surface area (Å²) >= 11 is 1.19. The average Bonchev–Trinajstić information content (AvgIpc) is 3.06. The molecular formula is C15H24N4O4S2. The molecule has 8 nitrogen and oxygen atoms in total. The first-order valence-electron chi connectivity index (χ1n) is 8.42. The highest BCUT2D eigenvalue weighted by Crippen LogP contribution is 2.28. The molecule has 2 fully saturated rings. The summed E-state index contributed by atoms with van der Waals surface area (Å²) in [6.45, 7) is 8.07. The van der Waals surface area contributed by atoms with E-state index in [9.17, 15) is 13.2 Å². The second-order valence-corrected chi connectivity index (χ2v) is 10.1. The maximum atomic E-state index is 12.7. The van der Waals surface area contributed by atoms with Gasteiger partial charge in [-0.3, -0.25) is 9.69 Å². The number of nitrogens with zero attached hydrogens (tertiary/aromatic N) is 4. The molecule has 2 atom stereocenters. The zero-order valence-electron chi connectivity index (χ0n) is 14.7. The summed E-state index contributed by atoms with van der Waals surface area (Å²) in [6.07, 6.45) is 0. The minimum absolute atomic E-state index is 0.0579. The Morgan fingerprint density at radius 2 is 2.00 bits per heavy atom. The Balaban J connectivity index is 1.68. The fraction of sp³-hybridized carbons (Fsp3) is 0.800. The summed E-state index contributed by atoms with van der Waals surface area (Å²) in [6, 6.07) is -0.351. The minimum Gasteiger partial charge on any atom is -0.416 e. The molecule has 3 rings (SSSR count). The van der Waals surface area contributed by atoms with Gasteiger partial charge in [-0.1, -0.05) is 25.6 Å². The largest absolute Gasteiger partial charge is 0.416 e. The van der Waals surface area contributed by atoms with Gasteiger partial charge in [0.15, 0.2) is 9.84 Å². The molecule has 1 aromatic heterocycles. The second kappa shape index (κ2) is 7.24. The SMILES string of the molecule is Cc1nnc(SCC(=O)N2CCN(CC(C)C)C3CS(=O)(=O)CC32)o1. The maximum absolute atomic E-state index is 12.7. The number of thioether (sulfide) groups is 1. The summed E-state index contributed by atoms with van der Waals surface area (Å²) < 4.78 is 29.6. The predicted molar refractivity (Wildman–Crippen MR) is 94.1 cm³/mol. The topological polar surface area (TPSA) is 96.6 Å². The Kier molecular flexibility index (Phi) is 5.40. The van der Waals surface area contributed by atoms with Crippen LogP contribution in [0.15, 0.2) is 9.64 Å². The van der Waals surface area contributed by atoms with E-state index in [-0.39, 0.29) is 35.2 Å². The molecular weight excluding hydrogens is 364 g/mol. The molecule has 3 heterocycles. The van der Waals surface area contributed by atoms with Gasteiger partial charge in [0, 0.05) is 32.6 Å². The fourth-order valence-corrected chi connectivity index (χ4v) is 6.28. The van der Waals surface area contributed by atoms with Crippen LogP contribution in [-0.2, 0) is 14.6 Å². The summed E-state index contributed by atoms with van der Waals surface area (Å²) in [5, 5.41) is 7.97. The lowest BCUT2D eigenvalue weighted by molar-refractivity contribution is -0.134. The van der Waals surface area contributed by atoms with Crippen LogP contribution in [0.4, 0.5) is 0 Å². The minimum atomic E-state index is -3.11. The van der Waals surface area contributed by atoms with Gasteiger partial charge in [0.2, 0.25) is 11.8 Å². The zero-order chi connectivity index (χ0) is 18.2. The van der Waals surface area contributed by atoms with Crippen molar-refractivity contribution in [1.82, 2.24) is 20.0 Å². The highest BCUT2D eigenvalue weighted by molar-refractivity contribution is 7.99. The summed E-state index contributed by atoms with van der Waals surface area (Å²) in [5.41, 5.74) is 0. The van der Waals surface area contributed by atoms with E-state index < -0.39 is 9.84 Å². The van der Waals surface area contributed by atoms with Gasteiger partial charge >= 0.3 is 0 Å². The van der Waals surface area contributed by atoms with E-state index in [1.165, 1.54) is 11.8 Å². The van der Waals surface area contributed by atoms with Crippen molar-refractivity contribution < 1.29 is 17.6 Å². The molecule has 2 unspecified atom stereocenters. The van der Waals surface area contributed by atoms with Crippen LogP contribution < -0.4 is 0 Å². The number of fused-ring (bicyclic) bond motifs is 1. The number of carbonyl (C=O) groups excluding carboxylic acids is 1. The van der Waals surface area contributed by atoms with Crippen LogP contribution in [0.1, 0.15) is 19.7 Å². The highest BCUT2D eigenvalue weighted by Gasteiger charge is 2.47. The second-order valence-electron chi connectivity index (χ2n) is 7.06. The van der Waals surface area contributed by atoms with E-state index in [0.29, 0.717) is 30.1 Å². The smallest absolute Gasteiger partial charge is 0.277 e. The van der Waals surface area contributed by atoms with E-state index in [1.807, 2.05) is 0 Å². The number of amides is 1. The molecule has 25 heavy (non-hydrogen) atoms. The molecule has 2 aliphatic heterocycles. The van der Waals surface area contributed by atoms with Gasteiger partial charge in [0.1, 0.15) is 0 Å². The van der Waals surface area contributed by atoms with Gasteiger partial charge in [-0.25, -0.2) is 8.42 Å². The first kappa shape index (κ1) is 18.7. The molecule has 0 spiro atoms. The molecule has 1 aromatic rings. The molecule has 0 bridgehead atoms. The van der Waals surface area contributed by atoms with Crippen molar-refractivity contribution in [2.75, 3.05) is 36.9 Å². The number of aromatic nitrogens is 2. The molecule has 2 aliphatic rings. The standard InChI is InChI=1S/C15H24N4O4S2/c1-10(2)6-18-4-5-19(13-9-25(21,22)8-12(13)18)14(20)7-24-15-17-16-11(3)23-15/h10,12-13H,4-9H2,1-3H3. The van der Waals surface area contributed by atoms with Gasteiger partial charge in [-0.15, -0.1) is 10.2 Å². The first-order valence-corrected chi connectivity index (χ1v) is 11.2. The highest BCUT2D eigenvalue weighted by atomic mass is 32.2. The summed E-state index contributed by atoms with van der Waals surface area (Å²) in [5.74, 6) is 1.22. The quantitative estimate of drug-likeness (QED) is 0.670. The molecule has 0 aliphatic carbocycles. The average molecular weight is 389 g/mol. The third-order valence-corrected chi connectivity index (χ3v) is 7.04. The van der Waals surface area contributed by atoms with Crippen molar-refractivity contribution in [1.29, 1.82) is 0 Å². The lowest BCUT2D eigenvalue weighted by Gasteiger charge is -2.44. The van der Waals surface area contributed by atoms with Crippen molar-refractivity contribution in [2.45, 2.75) is 38.1 Å². The molecule has 0 aromatic carbocycles. The number of hydrogen-bond donors (Lipinski definition) is 0. The number of rotatable bonds is 5. The third kappa shape index (κ3) is 4.35. The van der Waals surface area contributed by atoms with Crippen LogP contribution in [0, 0.1) is 12.8 Å². The Labute approximate surface area is 152 Å². The Hall–Kier alpha value is -1.13. The van der Waals surface area contributed by atoms with Gasteiger partial charge in [0.25, 0.3) is 5.22 Å². The van der Waals surface area contributed by atoms with Crippen molar-refractivity contribution in [3.05, 3.63) is 5.89 Å². The summed E-state index contributed by atoms with van der Waals surface area (Å²) in [7, 11) is -3.11. The van der Waals surface area contributed by atoms with Crippen LogP contribution in [0.5, 0.6) is 0 Å². The molecule has 0 radical (unpaired) electrons. The first-order chi connectivity index (χ1) is 11.7. The Bertz CT molecular complexity index is 734. The number of aryl methyl sites for hydroxylation is 1. The number of hydrogen-bond acceptors (Lipinski definition) is 8. The van der Waals surface area contributed by atoms with Crippen LogP contribution in [-0.4, -0.2) is 83.3 Å². The lowest BCUT2D eigenvalue weighted by Crippen LogP contribution is -2.61. The van der Waals surface area contributed by atoms with E-state index in [1.54, 1.807) is 11.8 Å². The van der Waals surface area contributed by atoms with Crippen LogP contribution in [0.3, 0.4) is 0 Å². The van der Waals surface area contributed by atoms with Crippen LogP contribution in [0.2, 0.25) is 0 Å². The van der Waals surface area contributed by atoms with Crippen molar-refractivity contribution in [3.63, 3.8) is 0 Å². The number of piperazine rings is 1. The van der Waals surface area contributed by atoms with E-state index in [0.717, 1.165) is 6.54 Å². The van der Waals surface area contributed by atoms with Gasteiger partial charge in [-0.2, -0.15) is 0 Å². The third-order valence-electron chi connectivity index (χ3n) is 4.54. The zero-order valence-corrected chi connectivity index (χ0v) is 16.3. The van der Waals surface area contributed by atoms with Crippen molar-refractivity contribution >= 4 is 27.5 Å². The van der Waals surface area contributed by atoms with Crippen molar-refractivity contribution in [3.8, 4) is 0 Å². The molecule has 0 N–H and O–H groups in total. The van der Waals surface area contributed by atoms with Crippen LogP contribution >= 0.6 is 11.8 Å². The molecule has 1 amide bonds. The predicted octanol–water partition coefficient (Wildman–Crippen LogP) is 0.436. The number of carbonyl (C=O) groups is 1.